The maximum Gasteiger partial charge on any atom is 0 e. The molecule has 0 aliphatic rings. The molecule has 1 atom stereocenters. The standard InChI is InChI=1S/C28H24NS.C14H16GeN.Ir/c1-18(2)19(3)21-13-14-29-26(16-21)23-9-11-24-25-15-22(20-7-5-4-6-8-20)10-12-27(25)30-28(24)17-23;1-15(2,3)13-9-10-14(16-11-13)12-7-5-4-6-8-12;/h4-16,18-19H,1-3H3;4-7,9-11H,1-3H3;/q2*-1;. The summed E-state index contributed by atoms with van der Waals surface area (Å²) >= 11 is 0.0906. The normalized spacial score (nSPS) is 12.0. The van der Waals surface area contributed by atoms with Gasteiger partial charge in [-0.3, -0.25) is 0 Å². The summed E-state index contributed by atoms with van der Waals surface area (Å²) in [4.78, 5) is 9.17. The molecule has 0 aliphatic heterocycles. The zero-order valence-corrected chi connectivity index (χ0v) is 33.1. The van der Waals surface area contributed by atoms with Gasteiger partial charge in [-0.2, -0.15) is 11.3 Å². The Morgan fingerprint density at radius 3 is 2.15 bits per heavy atom. The molecule has 3 aromatic heterocycles. The molecule has 0 spiro atoms. The Morgan fingerprint density at radius 2 is 1.47 bits per heavy atom. The number of nitrogens with zero attached hydrogens (tertiary/aromatic N) is 2. The summed E-state index contributed by atoms with van der Waals surface area (Å²) in [5.74, 6) is 8.26. The molecule has 4 aromatic carbocycles. The molecular weight excluding hydrogens is 829 g/mol. The Morgan fingerprint density at radius 1 is 0.681 bits per heavy atom. The Bertz CT molecular complexity index is 2060. The molecule has 0 aliphatic carbocycles. The first-order chi connectivity index (χ1) is 22.2. The zero-order chi connectivity index (χ0) is 32.3. The van der Waals surface area contributed by atoms with E-state index in [4.69, 9.17) is 0 Å². The van der Waals surface area contributed by atoms with Crippen LogP contribution in [0.3, 0.4) is 0 Å². The number of benzene rings is 4. The summed E-state index contributed by atoms with van der Waals surface area (Å²) in [7, 11) is 0. The fourth-order valence-electron chi connectivity index (χ4n) is 5.48. The van der Waals surface area contributed by atoms with Gasteiger partial charge in [-0.25, -0.2) is 0 Å². The number of thiophene rings is 1. The van der Waals surface area contributed by atoms with Crippen molar-refractivity contribution < 1.29 is 20.1 Å². The van der Waals surface area contributed by atoms with Gasteiger partial charge >= 0.3 is 99.8 Å². The van der Waals surface area contributed by atoms with Crippen LogP contribution in [-0.2, 0) is 20.1 Å². The quantitative estimate of drug-likeness (QED) is 0.123. The van der Waals surface area contributed by atoms with Gasteiger partial charge < -0.3 is 4.98 Å². The first kappa shape index (κ1) is 34.9. The number of hydrogen-bond acceptors (Lipinski definition) is 3. The topological polar surface area (TPSA) is 25.8 Å². The van der Waals surface area contributed by atoms with Gasteiger partial charge in [0.15, 0.2) is 0 Å². The summed E-state index contributed by atoms with van der Waals surface area (Å²) < 4.78 is 3.93. The van der Waals surface area contributed by atoms with Gasteiger partial charge in [-0.1, -0.05) is 80.3 Å². The largest absolute Gasteiger partial charge is 0 e. The van der Waals surface area contributed by atoms with Gasteiger partial charge in [-0.15, -0.1) is 23.8 Å². The molecule has 47 heavy (non-hydrogen) atoms. The molecule has 239 valence electrons. The third kappa shape index (κ3) is 8.19. The van der Waals surface area contributed by atoms with E-state index in [0.717, 1.165) is 22.5 Å². The van der Waals surface area contributed by atoms with Gasteiger partial charge in [0.05, 0.1) is 0 Å². The minimum atomic E-state index is -1.72. The Balaban J connectivity index is 0.000000217. The van der Waals surface area contributed by atoms with E-state index in [9.17, 15) is 0 Å². The number of fused-ring (bicyclic) bond motifs is 3. The second-order valence-corrected chi connectivity index (χ2v) is 25.0. The van der Waals surface area contributed by atoms with Crippen molar-refractivity contribution in [2.45, 2.75) is 44.0 Å². The van der Waals surface area contributed by atoms with E-state index in [2.05, 4.69) is 145 Å². The average Bonchev–Trinajstić information content (AvgIpc) is 3.46. The molecular formula is C42H40GeIrN2S-2. The molecule has 1 unspecified atom stereocenters. The van der Waals surface area contributed by atoms with Crippen molar-refractivity contribution in [3.63, 3.8) is 0 Å². The van der Waals surface area contributed by atoms with Crippen LogP contribution in [0.4, 0.5) is 0 Å². The van der Waals surface area contributed by atoms with Crippen LogP contribution < -0.4 is 4.40 Å². The van der Waals surface area contributed by atoms with Crippen molar-refractivity contribution in [3.05, 3.63) is 139 Å². The van der Waals surface area contributed by atoms with E-state index in [0.29, 0.717) is 11.8 Å². The summed E-state index contributed by atoms with van der Waals surface area (Å²) in [5, 5.41) is 2.57. The van der Waals surface area contributed by atoms with E-state index in [1.807, 2.05) is 36.7 Å². The van der Waals surface area contributed by atoms with Gasteiger partial charge in [0, 0.05) is 31.0 Å². The monoisotopic (exact) mass is 871 g/mol. The number of pyridine rings is 2. The molecule has 2 nitrogen and oxygen atoms in total. The predicted molar refractivity (Wildman–Crippen MR) is 202 cm³/mol. The minimum Gasteiger partial charge on any atom is 0 e. The van der Waals surface area contributed by atoms with Gasteiger partial charge in [0.2, 0.25) is 0 Å². The maximum atomic E-state index is 4.64. The van der Waals surface area contributed by atoms with Crippen molar-refractivity contribution >= 4 is 49.2 Å². The van der Waals surface area contributed by atoms with E-state index >= 15 is 0 Å². The Hall–Kier alpha value is -3.41. The van der Waals surface area contributed by atoms with Crippen LogP contribution in [-0.4, -0.2) is 23.2 Å². The molecule has 3 heterocycles. The molecule has 0 saturated carbocycles. The number of aromatic nitrogens is 2. The van der Waals surface area contributed by atoms with Gasteiger partial charge in [-0.05, 0) is 50.9 Å². The van der Waals surface area contributed by atoms with Crippen LogP contribution in [0.15, 0.2) is 122 Å². The molecule has 5 heteroatoms. The summed E-state index contributed by atoms with van der Waals surface area (Å²) in [6.07, 6.45) is 3.97. The van der Waals surface area contributed by atoms with E-state index in [1.54, 1.807) is 11.3 Å². The van der Waals surface area contributed by atoms with Crippen molar-refractivity contribution in [1.82, 2.24) is 9.97 Å². The third-order valence-corrected chi connectivity index (χ3v) is 14.1. The van der Waals surface area contributed by atoms with Crippen molar-refractivity contribution in [2.75, 3.05) is 0 Å². The van der Waals surface area contributed by atoms with Crippen LogP contribution in [0.2, 0.25) is 17.3 Å². The van der Waals surface area contributed by atoms with Crippen LogP contribution in [0, 0.1) is 18.1 Å². The number of rotatable bonds is 6. The third-order valence-electron chi connectivity index (χ3n) is 8.70. The van der Waals surface area contributed by atoms with Crippen LogP contribution in [0.1, 0.15) is 32.3 Å². The predicted octanol–water partition coefficient (Wildman–Crippen LogP) is 11.4. The van der Waals surface area contributed by atoms with Crippen LogP contribution >= 0.6 is 11.3 Å². The van der Waals surface area contributed by atoms with Crippen LogP contribution in [0.5, 0.6) is 0 Å². The first-order valence-corrected chi connectivity index (χ1v) is 24.2. The summed E-state index contributed by atoms with van der Waals surface area (Å²) in [5.41, 5.74) is 7.99. The van der Waals surface area contributed by atoms with Gasteiger partial charge in [0.25, 0.3) is 0 Å². The van der Waals surface area contributed by atoms with E-state index in [1.165, 1.54) is 41.3 Å². The molecule has 0 saturated heterocycles. The summed E-state index contributed by atoms with van der Waals surface area (Å²) in [6, 6.07) is 45.2. The molecule has 0 bridgehead atoms. The van der Waals surface area contributed by atoms with Gasteiger partial charge in [0.1, 0.15) is 0 Å². The van der Waals surface area contributed by atoms with Crippen molar-refractivity contribution in [3.8, 4) is 33.6 Å². The average molecular weight is 870 g/mol. The molecule has 7 rings (SSSR count). The van der Waals surface area contributed by atoms with E-state index in [-0.39, 0.29) is 20.1 Å². The zero-order valence-electron chi connectivity index (χ0n) is 27.8. The molecule has 0 amide bonds. The summed E-state index contributed by atoms with van der Waals surface area (Å²) in [6.45, 7) is 6.82. The molecule has 0 N–H and O–H groups in total. The smallest absolute Gasteiger partial charge is 0 e. The SMILES string of the molecule is CC(C)C(C)c1ccnc(-c2[c-]c3sc4ccc(-c5ccccc5)cc4c3cc2)c1.[CH3][Ge]([CH3])([CH3])[c]1ccc(-c2[c-]cccc2)nc1.[Ir]. The minimum absolute atomic E-state index is 0. The Labute approximate surface area is 300 Å². The molecule has 1 radical (unpaired) electrons. The van der Waals surface area contributed by atoms with Crippen LogP contribution in [0.25, 0.3) is 53.8 Å². The van der Waals surface area contributed by atoms with E-state index < -0.39 is 13.3 Å². The van der Waals surface area contributed by atoms with Crippen molar-refractivity contribution in [1.29, 1.82) is 0 Å². The second kappa shape index (κ2) is 15.2. The maximum absolute atomic E-state index is 4.64. The Kier molecular flexibility index (Phi) is 11.3. The molecule has 0 fully saturated rings. The fourth-order valence-corrected chi connectivity index (χ4v) is 8.73. The fraction of sp³-hybridized carbons (Fsp3) is 0.190. The number of hydrogen-bond donors (Lipinski definition) is 0. The second-order valence-electron chi connectivity index (χ2n) is 13.3. The van der Waals surface area contributed by atoms with Crippen molar-refractivity contribution in [2.24, 2.45) is 5.92 Å². The first-order valence-electron chi connectivity index (χ1n) is 16.0. The molecule has 7 aromatic rings.